The minimum absolute atomic E-state index is 0.414. The van der Waals surface area contributed by atoms with Crippen LogP contribution in [0, 0.1) is 11.6 Å². The number of halogens is 2. The first-order valence-electron chi connectivity index (χ1n) is 6.30. The zero-order valence-electron chi connectivity index (χ0n) is 11.1. The average molecular weight is 287 g/mol. The van der Waals surface area contributed by atoms with E-state index < -0.39 is 17.6 Å². The largest absolute Gasteiger partial charge is 0.426 e. The van der Waals surface area contributed by atoms with Crippen molar-refractivity contribution in [3.05, 3.63) is 60.3 Å². The topological polar surface area (TPSA) is 31.2 Å². The smallest absolute Gasteiger partial charge is 0.308 e. The Kier molecular flexibility index (Phi) is 3.17. The number of carbonyl (C=O) groups excluding carboxylic acids is 1. The summed E-state index contributed by atoms with van der Waals surface area (Å²) >= 11 is 0. The van der Waals surface area contributed by atoms with Gasteiger partial charge < -0.3 is 9.30 Å². The minimum Gasteiger partial charge on any atom is -0.426 e. The van der Waals surface area contributed by atoms with Crippen molar-refractivity contribution >= 4 is 16.9 Å². The molecule has 3 nitrogen and oxygen atoms in total. The lowest BCUT2D eigenvalue weighted by Crippen LogP contribution is -2.01. The fourth-order valence-corrected chi connectivity index (χ4v) is 2.24. The Balaban J connectivity index is 2.16. The summed E-state index contributed by atoms with van der Waals surface area (Å²) in [4.78, 5) is 11.1. The first-order valence-corrected chi connectivity index (χ1v) is 6.30. The number of hydrogen-bond acceptors (Lipinski definition) is 2. The summed E-state index contributed by atoms with van der Waals surface area (Å²) in [5.74, 6) is -1.79. The Bertz CT molecular complexity index is 839. The van der Waals surface area contributed by atoms with Gasteiger partial charge in [-0.2, -0.15) is 0 Å². The Hall–Kier alpha value is -2.69. The predicted molar refractivity (Wildman–Crippen MR) is 74.5 cm³/mol. The van der Waals surface area contributed by atoms with E-state index in [4.69, 9.17) is 4.74 Å². The van der Waals surface area contributed by atoms with Crippen LogP contribution in [0.3, 0.4) is 0 Å². The Morgan fingerprint density at radius 3 is 2.62 bits per heavy atom. The quantitative estimate of drug-likeness (QED) is 0.530. The summed E-state index contributed by atoms with van der Waals surface area (Å²) in [5.41, 5.74) is 1.23. The normalized spacial score (nSPS) is 10.8. The lowest BCUT2D eigenvalue weighted by molar-refractivity contribution is -0.131. The SMILES string of the molecule is CC(=O)Oc1cccc2c1ccn2-c1ccc(F)c(F)c1. The Labute approximate surface area is 119 Å². The van der Waals surface area contributed by atoms with E-state index in [1.807, 2.05) is 6.07 Å². The number of rotatable bonds is 2. The molecule has 3 rings (SSSR count). The number of carbonyl (C=O) groups is 1. The van der Waals surface area contributed by atoms with Crippen molar-refractivity contribution in [3.63, 3.8) is 0 Å². The summed E-state index contributed by atoms with van der Waals surface area (Å²) < 4.78 is 33.2. The molecular formula is C16H11F2NO2. The number of ether oxygens (including phenoxy) is 1. The highest BCUT2D eigenvalue weighted by atomic mass is 19.2. The molecule has 0 bridgehead atoms. The molecule has 0 unspecified atom stereocenters. The number of aromatic nitrogens is 1. The summed E-state index contributed by atoms with van der Waals surface area (Å²) in [7, 11) is 0. The van der Waals surface area contributed by atoms with Gasteiger partial charge in [0.15, 0.2) is 11.6 Å². The predicted octanol–water partition coefficient (Wildman–Crippen LogP) is 3.83. The van der Waals surface area contributed by atoms with Crippen molar-refractivity contribution in [3.8, 4) is 11.4 Å². The molecule has 5 heteroatoms. The van der Waals surface area contributed by atoms with E-state index >= 15 is 0 Å². The summed E-state index contributed by atoms with van der Waals surface area (Å²) in [6, 6.07) is 10.7. The maximum Gasteiger partial charge on any atom is 0.308 e. The molecular weight excluding hydrogens is 276 g/mol. The highest BCUT2D eigenvalue weighted by Gasteiger charge is 2.11. The van der Waals surface area contributed by atoms with Crippen LogP contribution >= 0.6 is 0 Å². The summed E-state index contributed by atoms with van der Waals surface area (Å²) in [5, 5.41) is 0.720. The van der Waals surface area contributed by atoms with Gasteiger partial charge in [0.05, 0.1) is 5.52 Å². The highest BCUT2D eigenvalue weighted by molar-refractivity contribution is 5.89. The number of benzene rings is 2. The number of nitrogens with zero attached hydrogens (tertiary/aromatic N) is 1. The molecule has 0 saturated carbocycles. The highest BCUT2D eigenvalue weighted by Crippen LogP contribution is 2.29. The molecule has 0 aliphatic rings. The number of esters is 1. The molecule has 0 saturated heterocycles. The second-order valence-corrected chi connectivity index (χ2v) is 4.57. The fraction of sp³-hybridized carbons (Fsp3) is 0.0625. The first-order chi connectivity index (χ1) is 10.1. The van der Waals surface area contributed by atoms with Crippen LogP contribution in [0.1, 0.15) is 6.92 Å². The molecule has 21 heavy (non-hydrogen) atoms. The van der Waals surface area contributed by atoms with E-state index in [0.29, 0.717) is 11.4 Å². The van der Waals surface area contributed by atoms with Gasteiger partial charge in [0.25, 0.3) is 0 Å². The summed E-state index contributed by atoms with van der Waals surface area (Å²) in [6.45, 7) is 1.32. The van der Waals surface area contributed by atoms with Crippen molar-refractivity contribution in [1.82, 2.24) is 4.57 Å². The molecule has 106 valence electrons. The van der Waals surface area contributed by atoms with Crippen LogP contribution in [0.15, 0.2) is 48.7 Å². The van der Waals surface area contributed by atoms with Crippen molar-refractivity contribution in [1.29, 1.82) is 0 Å². The van der Waals surface area contributed by atoms with E-state index in [9.17, 15) is 13.6 Å². The molecule has 0 aliphatic heterocycles. The second kappa shape index (κ2) is 5.01. The molecule has 1 aromatic heterocycles. The third-order valence-corrected chi connectivity index (χ3v) is 3.13. The molecule has 0 spiro atoms. The fourth-order valence-electron chi connectivity index (χ4n) is 2.24. The van der Waals surface area contributed by atoms with Crippen LogP contribution in [-0.2, 0) is 4.79 Å². The van der Waals surface area contributed by atoms with Crippen LogP contribution in [0.25, 0.3) is 16.6 Å². The average Bonchev–Trinajstić information content (AvgIpc) is 2.86. The van der Waals surface area contributed by atoms with Crippen LogP contribution in [0.5, 0.6) is 5.75 Å². The standard InChI is InChI=1S/C16H11F2NO2/c1-10(20)21-16-4-2-3-15-12(16)7-8-19(15)11-5-6-13(17)14(18)9-11/h2-9H,1H3. The third kappa shape index (κ3) is 2.38. The van der Waals surface area contributed by atoms with E-state index in [-0.39, 0.29) is 0 Å². The van der Waals surface area contributed by atoms with Crippen LogP contribution in [-0.4, -0.2) is 10.5 Å². The molecule has 0 aliphatic carbocycles. The Morgan fingerprint density at radius 1 is 1.10 bits per heavy atom. The molecule has 3 aromatic rings. The van der Waals surface area contributed by atoms with Gasteiger partial charge in [-0.05, 0) is 30.3 Å². The second-order valence-electron chi connectivity index (χ2n) is 4.57. The summed E-state index contributed by atoms with van der Waals surface area (Å²) in [6.07, 6.45) is 1.71. The van der Waals surface area contributed by atoms with Gasteiger partial charge in [-0.1, -0.05) is 6.07 Å². The maximum absolute atomic E-state index is 13.4. The molecule has 1 heterocycles. The van der Waals surface area contributed by atoms with Crippen LogP contribution in [0.4, 0.5) is 8.78 Å². The minimum atomic E-state index is -0.912. The van der Waals surface area contributed by atoms with Gasteiger partial charge in [0.2, 0.25) is 0 Å². The van der Waals surface area contributed by atoms with Gasteiger partial charge in [-0.25, -0.2) is 8.78 Å². The molecule has 0 fully saturated rings. The van der Waals surface area contributed by atoms with Gasteiger partial charge in [0, 0.05) is 30.3 Å². The number of hydrogen-bond donors (Lipinski definition) is 0. The molecule has 0 amide bonds. The van der Waals surface area contributed by atoms with Crippen molar-refractivity contribution in [2.24, 2.45) is 0 Å². The van der Waals surface area contributed by atoms with Crippen molar-refractivity contribution in [2.45, 2.75) is 6.92 Å². The molecule has 2 aromatic carbocycles. The lowest BCUT2D eigenvalue weighted by Gasteiger charge is -2.07. The maximum atomic E-state index is 13.4. The van der Waals surface area contributed by atoms with Gasteiger partial charge in [-0.3, -0.25) is 4.79 Å². The lowest BCUT2D eigenvalue weighted by atomic mass is 10.2. The van der Waals surface area contributed by atoms with Gasteiger partial charge in [-0.15, -0.1) is 0 Å². The molecule has 0 atom stereocenters. The zero-order chi connectivity index (χ0) is 15.0. The monoisotopic (exact) mass is 287 g/mol. The van der Waals surface area contributed by atoms with E-state index in [1.165, 1.54) is 13.0 Å². The molecule has 0 N–H and O–H groups in total. The first kappa shape index (κ1) is 13.3. The third-order valence-electron chi connectivity index (χ3n) is 3.13. The number of fused-ring (bicyclic) bond motifs is 1. The zero-order valence-corrected chi connectivity index (χ0v) is 11.1. The van der Waals surface area contributed by atoms with Crippen molar-refractivity contribution < 1.29 is 18.3 Å². The van der Waals surface area contributed by atoms with E-state index in [0.717, 1.165) is 23.0 Å². The van der Waals surface area contributed by atoms with E-state index in [2.05, 4.69) is 0 Å². The van der Waals surface area contributed by atoms with Crippen LogP contribution in [0.2, 0.25) is 0 Å². The Morgan fingerprint density at radius 2 is 1.90 bits per heavy atom. The van der Waals surface area contributed by atoms with E-state index in [1.54, 1.807) is 29.0 Å². The van der Waals surface area contributed by atoms with Gasteiger partial charge in [0.1, 0.15) is 5.75 Å². The van der Waals surface area contributed by atoms with Crippen molar-refractivity contribution in [2.75, 3.05) is 0 Å². The van der Waals surface area contributed by atoms with Gasteiger partial charge >= 0.3 is 5.97 Å². The molecule has 0 radical (unpaired) electrons. The van der Waals surface area contributed by atoms with Crippen LogP contribution < -0.4 is 4.74 Å².